The van der Waals surface area contributed by atoms with E-state index in [9.17, 15) is 23.5 Å². The number of amides is 1. The number of hydrogen-bond donors (Lipinski definition) is 0. The van der Waals surface area contributed by atoms with Gasteiger partial charge in [-0.15, -0.1) is 0 Å². The van der Waals surface area contributed by atoms with Crippen LogP contribution in [0.15, 0.2) is 11.6 Å². The van der Waals surface area contributed by atoms with E-state index >= 15 is 0 Å². The molecule has 0 aromatic heterocycles. The molecule has 4 nitrogen and oxygen atoms in total. The second kappa shape index (κ2) is 4.81. The van der Waals surface area contributed by atoms with Crippen LogP contribution in [0.2, 0.25) is 0 Å². The highest BCUT2D eigenvalue weighted by atomic mass is 19.3. The van der Waals surface area contributed by atoms with E-state index in [0.717, 1.165) is 5.57 Å². The molecule has 1 fully saturated rings. The van der Waals surface area contributed by atoms with Gasteiger partial charge < -0.3 is 14.8 Å². The third kappa shape index (κ3) is 3.80. The fraction of sp³-hybridized carbons (Fsp3) is 0.636. The zero-order valence-electron chi connectivity index (χ0n) is 9.70. The highest BCUT2D eigenvalue weighted by molar-refractivity contribution is 5.90. The lowest BCUT2D eigenvalue weighted by Crippen LogP contribution is -2.45. The first kappa shape index (κ1) is 13.6. The van der Waals surface area contributed by atoms with Crippen LogP contribution in [0, 0.1) is 0 Å². The third-order valence-electron chi connectivity index (χ3n) is 2.50. The van der Waals surface area contributed by atoms with Gasteiger partial charge in [-0.05, 0) is 19.9 Å². The topological polar surface area (TPSA) is 60.4 Å². The van der Waals surface area contributed by atoms with Crippen LogP contribution in [0.25, 0.3) is 0 Å². The number of likely N-dealkylation sites (tertiary alicyclic amines) is 1. The molecule has 0 aliphatic carbocycles. The summed E-state index contributed by atoms with van der Waals surface area (Å²) in [5.41, 5.74) is 0.750. The second-order valence-electron chi connectivity index (χ2n) is 4.50. The minimum absolute atomic E-state index is 0.227. The number of ketones is 1. The molecule has 1 aliphatic rings. The monoisotopic (exact) mass is 246 g/mol. The van der Waals surface area contributed by atoms with E-state index in [0.29, 0.717) is 4.90 Å². The van der Waals surface area contributed by atoms with Gasteiger partial charge in [0.15, 0.2) is 5.78 Å². The van der Waals surface area contributed by atoms with Crippen molar-refractivity contribution in [1.29, 1.82) is 0 Å². The van der Waals surface area contributed by atoms with E-state index in [2.05, 4.69) is 0 Å². The van der Waals surface area contributed by atoms with Gasteiger partial charge in [0.25, 0.3) is 5.92 Å². The zero-order chi connectivity index (χ0) is 13.2. The van der Waals surface area contributed by atoms with Crippen LogP contribution in [-0.2, 0) is 4.79 Å². The number of alkyl halides is 2. The molecule has 0 bridgehead atoms. The molecule has 6 heteroatoms. The Bertz CT molecular complexity index is 362. The van der Waals surface area contributed by atoms with Crippen LogP contribution < -0.4 is 5.11 Å². The number of allylic oxidation sites excluding steroid dienone is 2. The average molecular weight is 246 g/mol. The minimum atomic E-state index is -3.07. The smallest absolute Gasteiger partial charge is 0.267 e. The summed E-state index contributed by atoms with van der Waals surface area (Å²) < 4.78 is 26.1. The molecule has 0 aromatic rings. The van der Waals surface area contributed by atoms with Gasteiger partial charge in [0.1, 0.15) is 6.09 Å². The van der Waals surface area contributed by atoms with E-state index < -0.39 is 31.0 Å². The van der Waals surface area contributed by atoms with Gasteiger partial charge in [0.05, 0.1) is 6.54 Å². The van der Waals surface area contributed by atoms with Crippen molar-refractivity contribution in [2.45, 2.75) is 38.7 Å². The summed E-state index contributed by atoms with van der Waals surface area (Å²) in [5.74, 6) is -3.42. The van der Waals surface area contributed by atoms with Gasteiger partial charge in [-0.1, -0.05) is 5.57 Å². The normalized spacial score (nSPS) is 22.4. The van der Waals surface area contributed by atoms with E-state index in [1.165, 1.54) is 6.08 Å². The fourth-order valence-corrected chi connectivity index (χ4v) is 1.91. The van der Waals surface area contributed by atoms with E-state index in [4.69, 9.17) is 0 Å². The SMILES string of the molecule is CC(C)=CC(=O)CC1CC(F)(F)CN1C(=O)[O-]. The molecule has 0 aromatic carbocycles. The van der Waals surface area contributed by atoms with Crippen LogP contribution in [0.3, 0.4) is 0 Å². The van der Waals surface area contributed by atoms with Gasteiger partial charge in [-0.2, -0.15) is 0 Å². The van der Waals surface area contributed by atoms with Crippen LogP contribution >= 0.6 is 0 Å². The fourth-order valence-electron chi connectivity index (χ4n) is 1.91. The van der Waals surface area contributed by atoms with Crippen LogP contribution in [0.4, 0.5) is 13.6 Å². The number of hydrogen-bond acceptors (Lipinski definition) is 3. The third-order valence-corrected chi connectivity index (χ3v) is 2.50. The maximum atomic E-state index is 13.1. The molecule has 96 valence electrons. The Labute approximate surface area is 97.9 Å². The molecule has 1 atom stereocenters. The molecule has 0 N–H and O–H groups in total. The van der Waals surface area contributed by atoms with Crippen molar-refractivity contribution in [2.24, 2.45) is 0 Å². The summed E-state index contributed by atoms with van der Waals surface area (Å²) in [6.45, 7) is 2.53. The number of nitrogens with zero attached hydrogens (tertiary/aromatic N) is 1. The Morgan fingerprint density at radius 2 is 2.06 bits per heavy atom. The number of rotatable bonds is 3. The van der Waals surface area contributed by atoms with Crippen molar-refractivity contribution in [2.75, 3.05) is 6.54 Å². The Morgan fingerprint density at radius 1 is 1.47 bits per heavy atom. The minimum Gasteiger partial charge on any atom is -0.530 e. The summed E-state index contributed by atoms with van der Waals surface area (Å²) in [5, 5.41) is 10.7. The van der Waals surface area contributed by atoms with Crippen molar-refractivity contribution in [3.63, 3.8) is 0 Å². The van der Waals surface area contributed by atoms with Crippen LogP contribution in [-0.4, -0.2) is 35.3 Å². The van der Waals surface area contributed by atoms with Crippen LogP contribution in [0.5, 0.6) is 0 Å². The molecule has 1 aliphatic heterocycles. The highest BCUT2D eigenvalue weighted by Crippen LogP contribution is 2.33. The number of halogens is 2. The van der Waals surface area contributed by atoms with E-state index in [-0.39, 0.29) is 12.2 Å². The summed E-state index contributed by atoms with van der Waals surface area (Å²) in [6.07, 6.45) is -1.18. The summed E-state index contributed by atoms with van der Waals surface area (Å²) in [6, 6.07) is -0.988. The van der Waals surface area contributed by atoms with Crippen molar-refractivity contribution in [1.82, 2.24) is 4.90 Å². The van der Waals surface area contributed by atoms with Crippen molar-refractivity contribution < 1.29 is 23.5 Å². The highest BCUT2D eigenvalue weighted by Gasteiger charge is 2.45. The molecule has 0 saturated carbocycles. The number of carbonyl (C=O) groups is 2. The summed E-state index contributed by atoms with van der Waals surface area (Å²) >= 11 is 0. The Balaban J connectivity index is 2.72. The van der Waals surface area contributed by atoms with Crippen LogP contribution in [0.1, 0.15) is 26.7 Å². The Hall–Kier alpha value is -1.46. The molecule has 0 radical (unpaired) electrons. The molecule has 1 saturated heterocycles. The maximum absolute atomic E-state index is 13.1. The molecule has 1 heterocycles. The standard InChI is InChI=1S/C11H15F2NO3/c1-7(2)3-9(15)4-8-5-11(12,13)6-14(8)10(16)17/h3,8H,4-6H2,1-2H3,(H,16,17)/p-1. The number of carboxylic acid groups (broad SMARTS) is 1. The van der Waals surface area contributed by atoms with Crippen molar-refractivity contribution >= 4 is 11.9 Å². The van der Waals surface area contributed by atoms with Gasteiger partial charge in [0.2, 0.25) is 0 Å². The lowest BCUT2D eigenvalue weighted by Gasteiger charge is -2.25. The predicted molar refractivity (Wildman–Crippen MR) is 54.5 cm³/mol. The van der Waals surface area contributed by atoms with Crippen molar-refractivity contribution in [3.05, 3.63) is 11.6 Å². The van der Waals surface area contributed by atoms with Gasteiger partial charge in [-0.25, -0.2) is 8.78 Å². The molecular weight excluding hydrogens is 232 g/mol. The molecule has 1 amide bonds. The Kier molecular flexibility index (Phi) is 3.85. The average Bonchev–Trinajstić information content (AvgIpc) is 2.39. The van der Waals surface area contributed by atoms with E-state index in [1.807, 2.05) is 0 Å². The maximum Gasteiger partial charge on any atom is 0.267 e. The summed E-state index contributed by atoms with van der Waals surface area (Å²) in [7, 11) is 0. The predicted octanol–water partition coefficient (Wildman–Crippen LogP) is 0.965. The largest absolute Gasteiger partial charge is 0.530 e. The first-order valence-corrected chi connectivity index (χ1v) is 5.24. The first-order chi connectivity index (χ1) is 7.71. The molecule has 1 rings (SSSR count). The quantitative estimate of drug-likeness (QED) is 0.697. The van der Waals surface area contributed by atoms with Gasteiger partial charge >= 0.3 is 0 Å². The lowest BCUT2D eigenvalue weighted by molar-refractivity contribution is -0.267. The van der Waals surface area contributed by atoms with Gasteiger partial charge in [0, 0.05) is 18.9 Å². The van der Waals surface area contributed by atoms with Gasteiger partial charge in [-0.3, -0.25) is 4.79 Å². The molecular formula is C11H14F2NO3-. The molecule has 1 unspecified atom stereocenters. The first-order valence-electron chi connectivity index (χ1n) is 5.24. The molecule has 0 spiro atoms. The number of carbonyl (C=O) groups excluding carboxylic acids is 2. The van der Waals surface area contributed by atoms with Crippen molar-refractivity contribution in [3.8, 4) is 0 Å². The Morgan fingerprint density at radius 3 is 2.53 bits per heavy atom. The zero-order valence-corrected chi connectivity index (χ0v) is 9.70. The summed E-state index contributed by atoms with van der Waals surface area (Å²) in [4.78, 5) is 22.6. The van der Waals surface area contributed by atoms with E-state index in [1.54, 1.807) is 13.8 Å². The molecule has 17 heavy (non-hydrogen) atoms. The lowest BCUT2D eigenvalue weighted by atomic mass is 10.1. The second-order valence-corrected chi connectivity index (χ2v) is 4.50.